The third-order valence-electron chi connectivity index (χ3n) is 6.18. The molecule has 242 valence electrons. The van der Waals surface area contributed by atoms with E-state index in [4.69, 9.17) is 26.1 Å². The van der Waals surface area contributed by atoms with Crippen molar-refractivity contribution >= 4 is 93.4 Å². The highest BCUT2D eigenvalue weighted by atomic mass is 79.9. The maximum Gasteiger partial charge on any atom is 0.490 e. The van der Waals surface area contributed by atoms with Gasteiger partial charge < -0.3 is 46.6 Å². The summed E-state index contributed by atoms with van der Waals surface area (Å²) in [6.07, 6.45) is -2.59. The van der Waals surface area contributed by atoms with E-state index in [2.05, 4.69) is 104 Å². The molecule has 0 radical (unpaired) electrons. The molecule has 14 nitrogen and oxygen atoms in total. The lowest BCUT2D eigenvalue weighted by atomic mass is 9.94. The number of carboxylic acids is 1. The summed E-state index contributed by atoms with van der Waals surface area (Å²) in [5, 5.41) is 10.1. The van der Waals surface area contributed by atoms with Crippen LogP contribution < -0.4 is 16.8 Å². The monoisotopic (exact) mass is 888 g/mol. The Kier molecular flexibility index (Phi) is 11.1. The van der Waals surface area contributed by atoms with Crippen molar-refractivity contribution in [3.63, 3.8) is 0 Å². The summed E-state index contributed by atoms with van der Waals surface area (Å²) in [4.78, 5) is 47.3. The van der Waals surface area contributed by atoms with E-state index in [0.29, 0.717) is 48.1 Å². The number of carboxylic acid groups (broad SMARTS) is 1. The SMILES string of the molecule is Nc1ncc(C(CCNC(=O)c2cc(Br)c(Br)[nH]2)c2nc(N)[nH]c2CC2CN=C(c3cc(Br)c(Br)[nH]3)O2)[nH]1.O=C(O)C(F)(F)F. The Labute approximate surface area is 285 Å². The van der Waals surface area contributed by atoms with E-state index < -0.39 is 12.1 Å². The molecule has 4 aromatic heterocycles. The number of nitrogens with zero attached hydrogens (tertiary/aromatic N) is 3. The van der Waals surface area contributed by atoms with Gasteiger partial charge in [-0.15, -0.1) is 0 Å². The van der Waals surface area contributed by atoms with Gasteiger partial charge in [-0.25, -0.2) is 19.8 Å². The number of ether oxygens (including phenoxy) is 1. The Morgan fingerprint density at radius 2 is 1.73 bits per heavy atom. The van der Waals surface area contributed by atoms with Gasteiger partial charge in [0, 0.05) is 30.3 Å². The van der Waals surface area contributed by atoms with Crippen LogP contribution in [0.3, 0.4) is 0 Å². The molecule has 2 atom stereocenters. The average molecular weight is 892 g/mol. The number of halogens is 7. The molecule has 1 amide bonds. The summed E-state index contributed by atoms with van der Waals surface area (Å²) in [5.74, 6) is -2.13. The molecule has 1 aliphatic heterocycles. The van der Waals surface area contributed by atoms with Crippen molar-refractivity contribution in [2.75, 3.05) is 24.6 Å². The summed E-state index contributed by atoms with van der Waals surface area (Å²) in [6.45, 7) is 0.855. The number of nitrogens with two attached hydrogens (primary N) is 2. The molecule has 0 spiro atoms. The van der Waals surface area contributed by atoms with Crippen LogP contribution in [0.2, 0.25) is 0 Å². The number of nitrogens with one attached hydrogen (secondary N) is 5. The number of imidazole rings is 2. The third-order valence-corrected chi connectivity index (χ3v) is 9.75. The van der Waals surface area contributed by atoms with Crippen molar-refractivity contribution in [3.05, 3.63) is 65.0 Å². The summed E-state index contributed by atoms with van der Waals surface area (Å²) in [6, 6.07) is 3.62. The number of H-pyrrole nitrogens is 4. The lowest BCUT2D eigenvalue weighted by Crippen LogP contribution is -2.26. The number of alkyl halides is 3. The predicted octanol–water partition coefficient (Wildman–Crippen LogP) is 4.98. The van der Waals surface area contributed by atoms with E-state index in [-0.39, 0.29) is 23.9 Å². The van der Waals surface area contributed by atoms with E-state index in [0.717, 1.165) is 36.3 Å². The summed E-state index contributed by atoms with van der Waals surface area (Å²) < 4.78 is 41.0. The number of rotatable bonds is 9. The molecule has 0 fully saturated rings. The number of aliphatic carboxylic acids is 1. The van der Waals surface area contributed by atoms with Gasteiger partial charge in [0.2, 0.25) is 5.90 Å². The zero-order valence-electron chi connectivity index (χ0n) is 22.5. The Bertz CT molecular complexity index is 1680. The maximum atomic E-state index is 12.6. The van der Waals surface area contributed by atoms with Gasteiger partial charge in [-0.05, 0) is 82.3 Å². The van der Waals surface area contributed by atoms with Crippen LogP contribution >= 0.6 is 63.7 Å². The van der Waals surface area contributed by atoms with Crippen LogP contribution in [0, 0.1) is 0 Å². The van der Waals surface area contributed by atoms with Gasteiger partial charge >= 0.3 is 12.1 Å². The van der Waals surface area contributed by atoms with Crippen molar-refractivity contribution < 1.29 is 32.6 Å². The summed E-state index contributed by atoms with van der Waals surface area (Å²) in [5.41, 5.74) is 15.5. The highest BCUT2D eigenvalue weighted by Gasteiger charge is 2.38. The number of aromatic nitrogens is 6. The zero-order valence-corrected chi connectivity index (χ0v) is 28.9. The van der Waals surface area contributed by atoms with Gasteiger partial charge in [0.05, 0.1) is 36.6 Å². The van der Waals surface area contributed by atoms with E-state index in [1.54, 1.807) is 12.3 Å². The molecule has 0 bridgehead atoms. The Hall–Kier alpha value is -3.30. The van der Waals surface area contributed by atoms with Crippen LogP contribution in [-0.2, 0) is 16.0 Å². The highest BCUT2D eigenvalue weighted by Crippen LogP contribution is 2.31. The molecule has 4 aromatic rings. The molecular formula is C24H23Br4F3N10O4. The van der Waals surface area contributed by atoms with E-state index in [1.807, 2.05) is 6.07 Å². The van der Waals surface area contributed by atoms with Crippen LogP contribution in [0.25, 0.3) is 0 Å². The first-order valence-corrected chi connectivity index (χ1v) is 15.8. The van der Waals surface area contributed by atoms with Crippen LogP contribution in [0.4, 0.5) is 25.1 Å². The van der Waals surface area contributed by atoms with Gasteiger partial charge in [0.25, 0.3) is 5.91 Å². The number of nitrogen functional groups attached to an aromatic ring is 2. The van der Waals surface area contributed by atoms with E-state index in [9.17, 15) is 18.0 Å². The number of carbonyl (C=O) groups excluding carboxylic acids is 1. The maximum absolute atomic E-state index is 12.6. The van der Waals surface area contributed by atoms with Crippen LogP contribution in [0.5, 0.6) is 0 Å². The quantitative estimate of drug-likeness (QED) is 0.114. The lowest BCUT2D eigenvalue weighted by molar-refractivity contribution is -0.192. The zero-order chi connectivity index (χ0) is 33.1. The number of carbonyl (C=O) groups is 2. The fourth-order valence-corrected chi connectivity index (χ4v) is 5.54. The molecule has 45 heavy (non-hydrogen) atoms. The van der Waals surface area contributed by atoms with E-state index in [1.165, 1.54) is 0 Å². The molecule has 0 aromatic carbocycles. The second kappa shape index (κ2) is 14.4. The van der Waals surface area contributed by atoms with Crippen LogP contribution in [0.1, 0.15) is 45.6 Å². The number of aliphatic imine (C=N–C) groups is 1. The Balaban J connectivity index is 0.000000591. The minimum absolute atomic E-state index is 0.207. The summed E-state index contributed by atoms with van der Waals surface area (Å²) >= 11 is 13.6. The van der Waals surface area contributed by atoms with Crippen molar-refractivity contribution in [2.24, 2.45) is 4.99 Å². The fraction of sp³-hybridized carbons (Fsp3) is 0.292. The summed E-state index contributed by atoms with van der Waals surface area (Å²) in [7, 11) is 0. The standard InChI is InChI=1S/C22H22Br4N10O2.C2HF3O2/c23-10-4-13(32-17(10)25)19(37)29-2-1-9(15-7-31-21(27)35-15)16-12(34-22(28)36-16)3-8-6-30-20(38-8)14-5-11(24)18(26)33-14;3-2(4,5)1(6)7/h4-5,7-9,32-33H,1-3,6H2,(H,29,37)(H3,27,31,35)(H3,28,34,36);(H,6,7). The molecule has 10 N–H and O–H groups in total. The topological polar surface area (TPSA) is 229 Å². The molecular weight excluding hydrogens is 869 g/mol. The Morgan fingerprint density at radius 3 is 2.29 bits per heavy atom. The smallest absolute Gasteiger partial charge is 0.475 e. The van der Waals surface area contributed by atoms with Crippen LogP contribution in [0.15, 0.2) is 41.5 Å². The highest BCUT2D eigenvalue weighted by molar-refractivity contribution is 9.13. The lowest BCUT2D eigenvalue weighted by Gasteiger charge is -2.17. The molecule has 0 saturated carbocycles. The first kappa shape index (κ1) is 34.6. The molecule has 5 rings (SSSR count). The number of anilines is 2. The van der Waals surface area contributed by atoms with Crippen molar-refractivity contribution in [1.82, 2.24) is 35.2 Å². The first-order valence-electron chi connectivity index (χ1n) is 12.6. The van der Waals surface area contributed by atoms with Crippen LogP contribution in [-0.4, -0.2) is 78.2 Å². The molecule has 1 aliphatic rings. The normalized spacial score (nSPS) is 15.2. The van der Waals surface area contributed by atoms with Gasteiger partial charge in [-0.2, -0.15) is 13.2 Å². The van der Waals surface area contributed by atoms with Crippen molar-refractivity contribution in [3.8, 4) is 0 Å². The first-order chi connectivity index (χ1) is 21.1. The molecule has 5 heterocycles. The number of hydrogen-bond acceptors (Lipinski definition) is 8. The molecule has 2 unspecified atom stereocenters. The number of hydrogen-bond donors (Lipinski definition) is 8. The second-order valence-corrected chi connectivity index (χ2v) is 12.7. The van der Waals surface area contributed by atoms with Gasteiger partial charge in [0.15, 0.2) is 11.9 Å². The van der Waals surface area contributed by atoms with Crippen molar-refractivity contribution in [1.29, 1.82) is 0 Å². The number of amides is 1. The van der Waals surface area contributed by atoms with Gasteiger partial charge in [-0.3, -0.25) is 4.79 Å². The number of aromatic amines is 4. The largest absolute Gasteiger partial charge is 0.490 e. The predicted molar refractivity (Wildman–Crippen MR) is 171 cm³/mol. The van der Waals surface area contributed by atoms with E-state index >= 15 is 0 Å². The minimum Gasteiger partial charge on any atom is -0.475 e. The fourth-order valence-electron chi connectivity index (χ4n) is 4.23. The molecule has 21 heteroatoms. The molecule has 0 aliphatic carbocycles. The third kappa shape index (κ3) is 8.91. The van der Waals surface area contributed by atoms with Gasteiger partial charge in [0.1, 0.15) is 17.5 Å². The van der Waals surface area contributed by atoms with Crippen molar-refractivity contribution in [2.45, 2.75) is 31.0 Å². The minimum atomic E-state index is -5.08. The second-order valence-electron chi connectivity index (χ2n) is 9.39. The van der Waals surface area contributed by atoms with Gasteiger partial charge in [-0.1, -0.05) is 0 Å². The average Bonchev–Trinajstić information content (AvgIpc) is 3.78. The Morgan fingerprint density at radius 1 is 1.07 bits per heavy atom. The molecule has 0 saturated heterocycles.